The molecule has 0 fully saturated rings. The van der Waals surface area contributed by atoms with Crippen molar-refractivity contribution < 1.29 is 4.79 Å². The highest BCUT2D eigenvalue weighted by molar-refractivity contribution is 6.03. The number of nitrogens with zero attached hydrogens (tertiary/aromatic N) is 2. The Hall–Kier alpha value is -2.94. The Balaban J connectivity index is 2.21. The molecule has 2 rings (SSSR count). The van der Waals surface area contributed by atoms with Crippen LogP contribution < -0.4 is 10.7 Å². The van der Waals surface area contributed by atoms with Crippen LogP contribution in [0.1, 0.15) is 21.6 Å². The number of H-pyrrole nitrogens is 1. The van der Waals surface area contributed by atoms with Gasteiger partial charge in [0.2, 0.25) is 0 Å². The van der Waals surface area contributed by atoms with Gasteiger partial charge in [-0.15, -0.1) is 0 Å². The summed E-state index contributed by atoms with van der Waals surface area (Å²) in [5.74, 6) is -0.262. The molecule has 0 saturated carbocycles. The van der Waals surface area contributed by atoms with Gasteiger partial charge in [0.25, 0.3) is 5.91 Å². The number of nitriles is 1. The molecule has 0 atom stereocenters. The summed E-state index contributed by atoms with van der Waals surface area (Å²) in [7, 11) is 0. The highest BCUT2D eigenvalue weighted by atomic mass is 16.2. The Labute approximate surface area is 108 Å². The normalized spacial score (nSPS) is 9.68. The maximum Gasteiger partial charge on any atom is 0.262 e. The predicted molar refractivity (Wildman–Crippen MR) is 68.7 cm³/mol. The van der Waals surface area contributed by atoms with Crippen molar-refractivity contribution in [3.63, 3.8) is 0 Å². The van der Waals surface area contributed by atoms with E-state index in [0.29, 0.717) is 11.3 Å². The molecule has 0 bridgehead atoms. The fraction of sp³-hybridized carbons (Fsp3) is 0.0769. The molecule has 6 heteroatoms. The topological polar surface area (TPSA) is 98.6 Å². The van der Waals surface area contributed by atoms with Crippen molar-refractivity contribution in [1.82, 2.24) is 9.97 Å². The lowest BCUT2D eigenvalue weighted by molar-refractivity contribution is 0.102. The van der Waals surface area contributed by atoms with E-state index >= 15 is 0 Å². The van der Waals surface area contributed by atoms with E-state index in [1.807, 2.05) is 6.07 Å². The zero-order valence-corrected chi connectivity index (χ0v) is 10.1. The zero-order chi connectivity index (χ0) is 13.8. The number of rotatable bonds is 2. The molecule has 0 radical (unpaired) electrons. The highest BCUT2D eigenvalue weighted by Gasteiger charge is 2.10. The molecule has 2 aromatic heterocycles. The maximum atomic E-state index is 11.9. The van der Waals surface area contributed by atoms with Gasteiger partial charge in [-0.3, -0.25) is 9.59 Å². The van der Waals surface area contributed by atoms with Crippen molar-refractivity contribution in [2.24, 2.45) is 0 Å². The van der Waals surface area contributed by atoms with Gasteiger partial charge in [0, 0.05) is 24.2 Å². The fourth-order valence-electron chi connectivity index (χ4n) is 1.47. The standard InChI is InChI=1S/C13H10N4O2/c1-8-4-11(18)10(7-15-8)13(19)17-12-3-2-9(5-14)6-16-12/h2-4,6-7H,1H3,(H,15,18)(H,16,17,19). The van der Waals surface area contributed by atoms with E-state index in [1.165, 1.54) is 30.6 Å². The predicted octanol–water partition coefficient (Wildman–Crippen LogP) is 1.20. The maximum absolute atomic E-state index is 11.9. The lowest BCUT2D eigenvalue weighted by Gasteiger charge is -2.04. The average molecular weight is 254 g/mol. The van der Waals surface area contributed by atoms with Crippen LogP contribution in [-0.4, -0.2) is 15.9 Å². The van der Waals surface area contributed by atoms with E-state index in [2.05, 4.69) is 15.3 Å². The second-order valence-electron chi connectivity index (χ2n) is 3.89. The molecule has 0 aliphatic heterocycles. The first-order valence-corrected chi connectivity index (χ1v) is 5.47. The van der Waals surface area contributed by atoms with E-state index in [-0.39, 0.29) is 16.8 Å². The third-order valence-electron chi connectivity index (χ3n) is 2.44. The number of aryl methyl sites for hydroxylation is 1. The van der Waals surface area contributed by atoms with Crippen molar-refractivity contribution in [2.45, 2.75) is 6.92 Å². The Morgan fingerprint density at radius 1 is 1.47 bits per heavy atom. The van der Waals surface area contributed by atoms with Gasteiger partial charge in [-0.05, 0) is 19.1 Å². The summed E-state index contributed by atoms with van der Waals surface area (Å²) in [6, 6.07) is 6.30. The summed E-state index contributed by atoms with van der Waals surface area (Å²) in [6.45, 7) is 1.73. The molecular weight excluding hydrogens is 244 g/mol. The van der Waals surface area contributed by atoms with Gasteiger partial charge in [-0.25, -0.2) is 4.98 Å². The van der Waals surface area contributed by atoms with Crippen LogP contribution in [0.3, 0.4) is 0 Å². The summed E-state index contributed by atoms with van der Waals surface area (Å²) in [6.07, 6.45) is 2.70. The highest BCUT2D eigenvalue weighted by Crippen LogP contribution is 2.05. The summed E-state index contributed by atoms with van der Waals surface area (Å²) < 4.78 is 0. The number of anilines is 1. The Morgan fingerprint density at radius 2 is 2.26 bits per heavy atom. The van der Waals surface area contributed by atoms with Crippen LogP contribution >= 0.6 is 0 Å². The first-order valence-electron chi connectivity index (χ1n) is 5.47. The van der Waals surface area contributed by atoms with Crippen LogP contribution in [0.25, 0.3) is 0 Å². The zero-order valence-electron chi connectivity index (χ0n) is 10.1. The molecule has 0 unspecified atom stereocenters. The molecule has 0 aliphatic carbocycles. The van der Waals surface area contributed by atoms with Crippen LogP contribution in [0.2, 0.25) is 0 Å². The molecular formula is C13H10N4O2. The second-order valence-corrected chi connectivity index (χ2v) is 3.89. The first kappa shape index (κ1) is 12.5. The molecule has 94 valence electrons. The molecule has 2 aromatic rings. The van der Waals surface area contributed by atoms with Crippen LogP contribution in [-0.2, 0) is 0 Å². The van der Waals surface area contributed by atoms with Gasteiger partial charge in [0.1, 0.15) is 17.5 Å². The van der Waals surface area contributed by atoms with E-state index < -0.39 is 5.91 Å². The third-order valence-corrected chi connectivity index (χ3v) is 2.44. The van der Waals surface area contributed by atoms with Gasteiger partial charge in [-0.2, -0.15) is 5.26 Å². The van der Waals surface area contributed by atoms with Gasteiger partial charge < -0.3 is 10.3 Å². The molecule has 0 aliphatic rings. The lowest BCUT2D eigenvalue weighted by Crippen LogP contribution is -2.22. The number of pyridine rings is 2. The number of hydrogen-bond donors (Lipinski definition) is 2. The Bertz CT molecular complexity index is 711. The van der Waals surface area contributed by atoms with Gasteiger partial charge >= 0.3 is 0 Å². The Morgan fingerprint density at radius 3 is 2.84 bits per heavy atom. The van der Waals surface area contributed by atoms with Crippen molar-refractivity contribution in [3.05, 3.63) is 57.6 Å². The summed E-state index contributed by atoms with van der Waals surface area (Å²) in [5.41, 5.74) is 0.725. The van der Waals surface area contributed by atoms with Crippen LogP contribution in [0.15, 0.2) is 35.4 Å². The molecule has 0 saturated heterocycles. The number of amides is 1. The van der Waals surface area contributed by atoms with Crippen LogP contribution in [0, 0.1) is 18.3 Å². The Kier molecular flexibility index (Phi) is 3.39. The number of aromatic nitrogens is 2. The second kappa shape index (κ2) is 5.14. The van der Waals surface area contributed by atoms with Crippen molar-refractivity contribution in [1.29, 1.82) is 5.26 Å². The van der Waals surface area contributed by atoms with Gasteiger partial charge in [0.15, 0.2) is 5.43 Å². The van der Waals surface area contributed by atoms with Crippen LogP contribution in [0.4, 0.5) is 5.82 Å². The van der Waals surface area contributed by atoms with Crippen molar-refractivity contribution in [3.8, 4) is 6.07 Å². The number of aromatic amines is 1. The summed E-state index contributed by atoms with van der Waals surface area (Å²) in [4.78, 5) is 30.2. The van der Waals surface area contributed by atoms with Crippen molar-refractivity contribution in [2.75, 3.05) is 5.32 Å². The van der Waals surface area contributed by atoms with E-state index in [0.717, 1.165) is 0 Å². The van der Waals surface area contributed by atoms with Crippen molar-refractivity contribution >= 4 is 11.7 Å². The molecule has 1 amide bonds. The fourth-order valence-corrected chi connectivity index (χ4v) is 1.47. The number of hydrogen-bond acceptors (Lipinski definition) is 4. The molecule has 0 aromatic carbocycles. The van der Waals surface area contributed by atoms with Crippen LogP contribution in [0.5, 0.6) is 0 Å². The SMILES string of the molecule is Cc1cc(=O)c(C(=O)Nc2ccc(C#N)cn2)c[nH]1. The summed E-state index contributed by atoms with van der Waals surface area (Å²) in [5, 5.41) is 11.1. The minimum Gasteiger partial charge on any atom is -0.364 e. The lowest BCUT2D eigenvalue weighted by atomic mass is 10.2. The molecule has 0 spiro atoms. The third kappa shape index (κ3) is 2.84. The first-order chi connectivity index (χ1) is 9.10. The average Bonchev–Trinajstić information content (AvgIpc) is 2.39. The minimum absolute atomic E-state index is 0.0109. The molecule has 2 N–H and O–H groups in total. The smallest absolute Gasteiger partial charge is 0.262 e. The van der Waals surface area contributed by atoms with E-state index in [9.17, 15) is 9.59 Å². The van der Waals surface area contributed by atoms with Gasteiger partial charge in [0.05, 0.1) is 5.56 Å². The number of carbonyl (C=O) groups excluding carboxylic acids is 1. The largest absolute Gasteiger partial charge is 0.364 e. The monoisotopic (exact) mass is 254 g/mol. The molecule has 6 nitrogen and oxygen atoms in total. The number of nitrogens with one attached hydrogen (secondary N) is 2. The molecule has 19 heavy (non-hydrogen) atoms. The van der Waals surface area contributed by atoms with Gasteiger partial charge in [-0.1, -0.05) is 0 Å². The number of carbonyl (C=O) groups is 1. The molecule has 2 heterocycles. The van der Waals surface area contributed by atoms with E-state index in [4.69, 9.17) is 5.26 Å². The summed E-state index contributed by atoms with van der Waals surface area (Å²) >= 11 is 0. The quantitative estimate of drug-likeness (QED) is 0.841. The minimum atomic E-state index is -0.543. The van der Waals surface area contributed by atoms with E-state index in [1.54, 1.807) is 6.92 Å².